The Balaban J connectivity index is 1.25. The molecular formula is C29H29N5O4. The van der Waals surface area contributed by atoms with Gasteiger partial charge >= 0.3 is 5.97 Å². The second-order valence-corrected chi connectivity index (χ2v) is 8.75. The number of ether oxygens (including phenoxy) is 2. The summed E-state index contributed by atoms with van der Waals surface area (Å²) in [6, 6.07) is 24.7. The number of hydrogen-bond acceptors (Lipinski definition) is 7. The molecule has 9 nitrogen and oxygen atoms in total. The van der Waals surface area contributed by atoms with E-state index < -0.39 is 5.97 Å². The van der Waals surface area contributed by atoms with Gasteiger partial charge in [0.15, 0.2) is 18.1 Å². The summed E-state index contributed by atoms with van der Waals surface area (Å²) < 4.78 is 12.4. The number of nitrogens with zero attached hydrogens (tertiary/aromatic N) is 5. The van der Waals surface area contributed by atoms with Crippen LogP contribution in [0.5, 0.6) is 5.75 Å². The number of anilines is 1. The number of hydrogen-bond donors (Lipinski definition) is 0. The molecule has 0 radical (unpaired) electrons. The fourth-order valence-electron chi connectivity index (χ4n) is 4.36. The number of esters is 1. The Labute approximate surface area is 221 Å². The Morgan fingerprint density at radius 3 is 2.32 bits per heavy atom. The molecule has 0 atom stereocenters. The van der Waals surface area contributed by atoms with Crippen LogP contribution in [0.3, 0.4) is 0 Å². The first-order valence-electron chi connectivity index (χ1n) is 12.6. The molecule has 0 aliphatic carbocycles. The van der Waals surface area contributed by atoms with Crippen molar-refractivity contribution in [2.24, 2.45) is 0 Å². The summed E-state index contributed by atoms with van der Waals surface area (Å²) in [4.78, 5) is 33.4. The quantitative estimate of drug-likeness (QED) is 0.332. The zero-order chi connectivity index (χ0) is 26.3. The highest BCUT2D eigenvalue weighted by atomic mass is 16.5. The molecule has 0 unspecified atom stereocenters. The third kappa shape index (κ3) is 5.67. The summed E-state index contributed by atoms with van der Waals surface area (Å²) in [5.41, 5.74) is 2.94. The van der Waals surface area contributed by atoms with Gasteiger partial charge in [-0.1, -0.05) is 36.4 Å². The lowest BCUT2D eigenvalue weighted by atomic mass is 10.1. The molecule has 5 rings (SSSR count). The zero-order valence-electron chi connectivity index (χ0n) is 21.2. The number of carbonyl (C=O) groups is 2. The summed E-state index contributed by atoms with van der Waals surface area (Å²) in [6.45, 7) is 4.81. The molecule has 0 spiro atoms. The summed E-state index contributed by atoms with van der Waals surface area (Å²) in [6.07, 6.45) is 1.69. The molecule has 1 amide bonds. The van der Waals surface area contributed by atoms with Crippen molar-refractivity contribution in [1.29, 1.82) is 0 Å². The minimum Gasteiger partial charge on any atom is -0.484 e. The highest BCUT2D eigenvalue weighted by Crippen LogP contribution is 2.27. The Hall–Kier alpha value is -4.66. The molecule has 194 valence electrons. The Morgan fingerprint density at radius 1 is 0.895 bits per heavy atom. The SMILES string of the molecule is CCOC(=O)c1cc(-c2ccc(N3CCN(C(=O)COc4ccccc4)CC3)cc2)n(-c2ccccn2)n1. The van der Waals surface area contributed by atoms with Crippen LogP contribution in [0.15, 0.2) is 85.1 Å². The maximum atomic E-state index is 12.6. The maximum absolute atomic E-state index is 12.6. The lowest BCUT2D eigenvalue weighted by Gasteiger charge is -2.36. The molecule has 3 heterocycles. The molecule has 1 fully saturated rings. The molecule has 0 saturated carbocycles. The van der Waals surface area contributed by atoms with E-state index in [1.807, 2.05) is 77.7 Å². The number of para-hydroxylation sites is 1. The predicted octanol–water partition coefficient (Wildman–Crippen LogP) is 3.84. The van der Waals surface area contributed by atoms with Gasteiger partial charge < -0.3 is 19.3 Å². The second kappa shape index (κ2) is 11.6. The maximum Gasteiger partial charge on any atom is 0.358 e. The van der Waals surface area contributed by atoms with E-state index >= 15 is 0 Å². The Morgan fingerprint density at radius 2 is 1.63 bits per heavy atom. The number of rotatable bonds is 8. The van der Waals surface area contributed by atoms with Crippen molar-refractivity contribution in [2.45, 2.75) is 6.92 Å². The molecule has 0 N–H and O–H groups in total. The van der Waals surface area contributed by atoms with Crippen molar-refractivity contribution < 1.29 is 19.1 Å². The largest absolute Gasteiger partial charge is 0.484 e. The lowest BCUT2D eigenvalue weighted by molar-refractivity contribution is -0.133. The highest BCUT2D eigenvalue weighted by Gasteiger charge is 2.22. The molecule has 1 saturated heterocycles. The number of amides is 1. The van der Waals surface area contributed by atoms with Gasteiger partial charge in [-0.15, -0.1) is 0 Å². The minimum absolute atomic E-state index is 0.0101. The van der Waals surface area contributed by atoms with Gasteiger partial charge in [0, 0.05) is 43.6 Å². The van der Waals surface area contributed by atoms with Crippen molar-refractivity contribution in [3.05, 3.63) is 90.8 Å². The normalized spacial score (nSPS) is 13.3. The first kappa shape index (κ1) is 25.0. The predicted molar refractivity (Wildman–Crippen MR) is 143 cm³/mol. The standard InChI is InChI=1S/C29H29N5O4/c1-2-37-29(36)25-20-26(34(31-25)27-10-6-7-15-30-27)22-11-13-23(14-12-22)32-16-18-33(19-17-32)28(35)21-38-24-8-4-3-5-9-24/h3-15,20H,2,16-19,21H2,1H3. The highest BCUT2D eigenvalue weighted by molar-refractivity contribution is 5.89. The van der Waals surface area contributed by atoms with E-state index in [9.17, 15) is 9.59 Å². The third-order valence-electron chi connectivity index (χ3n) is 6.33. The van der Waals surface area contributed by atoms with E-state index in [-0.39, 0.29) is 24.8 Å². The molecule has 1 aliphatic rings. The van der Waals surface area contributed by atoms with E-state index in [1.165, 1.54) is 0 Å². The molecule has 2 aromatic carbocycles. The van der Waals surface area contributed by atoms with Crippen LogP contribution in [0, 0.1) is 0 Å². The van der Waals surface area contributed by atoms with Crippen LogP contribution in [-0.2, 0) is 9.53 Å². The van der Waals surface area contributed by atoms with Gasteiger partial charge in [0.05, 0.1) is 12.3 Å². The van der Waals surface area contributed by atoms with Crippen molar-refractivity contribution in [3.63, 3.8) is 0 Å². The van der Waals surface area contributed by atoms with Crippen molar-refractivity contribution in [3.8, 4) is 22.8 Å². The summed E-state index contributed by atoms with van der Waals surface area (Å²) in [5, 5.41) is 4.47. The van der Waals surface area contributed by atoms with E-state index in [2.05, 4.69) is 15.0 Å². The molecule has 4 aromatic rings. The zero-order valence-corrected chi connectivity index (χ0v) is 21.2. The third-order valence-corrected chi connectivity index (χ3v) is 6.33. The van der Waals surface area contributed by atoms with Crippen LogP contribution in [0.2, 0.25) is 0 Å². The molecule has 9 heteroatoms. The van der Waals surface area contributed by atoms with Gasteiger partial charge in [0.2, 0.25) is 0 Å². The number of carbonyl (C=O) groups excluding carboxylic acids is 2. The molecular weight excluding hydrogens is 482 g/mol. The van der Waals surface area contributed by atoms with Crippen LogP contribution in [-0.4, -0.2) is 70.9 Å². The monoisotopic (exact) mass is 511 g/mol. The van der Waals surface area contributed by atoms with Crippen molar-refractivity contribution in [2.75, 3.05) is 44.3 Å². The van der Waals surface area contributed by atoms with Gasteiger partial charge in [0.25, 0.3) is 5.91 Å². The average molecular weight is 512 g/mol. The van der Waals surface area contributed by atoms with Crippen LogP contribution in [0.1, 0.15) is 17.4 Å². The van der Waals surface area contributed by atoms with E-state index in [1.54, 1.807) is 23.9 Å². The number of aromatic nitrogens is 3. The number of benzene rings is 2. The molecule has 38 heavy (non-hydrogen) atoms. The second-order valence-electron chi connectivity index (χ2n) is 8.75. The molecule has 2 aromatic heterocycles. The van der Waals surface area contributed by atoms with Crippen LogP contribution < -0.4 is 9.64 Å². The summed E-state index contributed by atoms with van der Waals surface area (Å²) in [7, 11) is 0. The van der Waals surface area contributed by atoms with Gasteiger partial charge in [-0.2, -0.15) is 5.10 Å². The first-order valence-corrected chi connectivity index (χ1v) is 12.6. The van der Waals surface area contributed by atoms with E-state index in [0.717, 1.165) is 30.0 Å². The van der Waals surface area contributed by atoms with Crippen LogP contribution in [0.25, 0.3) is 17.1 Å². The van der Waals surface area contributed by atoms with Crippen molar-refractivity contribution in [1.82, 2.24) is 19.7 Å². The van der Waals surface area contributed by atoms with Crippen molar-refractivity contribution >= 4 is 17.6 Å². The van der Waals surface area contributed by atoms with E-state index in [0.29, 0.717) is 24.7 Å². The van der Waals surface area contributed by atoms with Gasteiger partial charge in [-0.05, 0) is 49.4 Å². The smallest absolute Gasteiger partial charge is 0.358 e. The van der Waals surface area contributed by atoms with Gasteiger partial charge in [-0.25, -0.2) is 14.5 Å². The van der Waals surface area contributed by atoms with E-state index in [4.69, 9.17) is 9.47 Å². The summed E-state index contributed by atoms with van der Waals surface area (Å²) >= 11 is 0. The summed E-state index contributed by atoms with van der Waals surface area (Å²) in [5.74, 6) is 0.822. The number of pyridine rings is 1. The molecule has 0 bridgehead atoms. The fraction of sp³-hybridized carbons (Fsp3) is 0.241. The minimum atomic E-state index is -0.471. The fourth-order valence-corrected chi connectivity index (χ4v) is 4.36. The van der Waals surface area contributed by atoms with Gasteiger partial charge in [-0.3, -0.25) is 4.79 Å². The average Bonchev–Trinajstić information content (AvgIpc) is 3.43. The van der Waals surface area contributed by atoms with Crippen LogP contribution in [0.4, 0.5) is 5.69 Å². The Bertz CT molecular complexity index is 1370. The first-order chi connectivity index (χ1) is 18.6. The lowest BCUT2D eigenvalue weighted by Crippen LogP contribution is -2.50. The van der Waals surface area contributed by atoms with Gasteiger partial charge in [0.1, 0.15) is 5.75 Å². The number of piperazine rings is 1. The Kier molecular flexibility index (Phi) is 7.63. The topological polar surface area (TPSA) is 89.8 Å². The molecule has 1 aliphatic heterocycles. The van der Waals surface area contributed by atoms with Crippen LogP contribution >= 0.6 is 0 Å².